The minimum absolute atomic E-state index is 0.197. The van der Waals surface area contributed by atoms with Crippen molar-refractivity contribution in [2.45, 2.75) is 6.18 Å². The molecular formula is C18H11ClF3N5. The first-order valence-corrected chi connectivity index (χ1v) is 8.15. The van der Waals surface area contributed by atoms with Crippen LogP contribution in [0.2, 0.25) is 5.02 Å². The molecule has 0 unspecified atom stereocenters. The second kappa shape index (κ2) is 6.24. The van der Waals surface area contributed by atoms with E-state index in [1.165, 1.54) is 29.0 Å². The molecule has 0 saturated carbocycles. The molecule has 27 heavy (non-hydrogen) atoms. The molecule has 9 heteroatoms. The summed E-state index contributed by atoms with van der Waals surface area (Å²) in [6, 6.07) is 10.6. The zero-order valence-corrected chi connectivity index (χ0v) is 14.3. The molecule has 0 atom stereocenters. The van der Waals surface area contributed by atoms with Gasteiger partial charge in [-0.1, -0.05) is 23.7 Å². The topological polar surface area (TPSA) is 69.1 Å². The molecule has 1 aromatic carbocycles. The monoisotopic (exact) mass is 389 g/mol. The molecule has 3 heterocycles. The molecule has 0 aliphatic rings. The number of imidazole rings is 1. The highest BCUT2D eigenvalue weighted by Gasteiger charge is 2.34. The predicted octanol–water partition coefficient (Wildman–Crippen LogP) is 4.71. The van der Waals surface area contributed by atoms with E-state index in [-0.39, 0.29) is 17.1 Å². The van der Waals surface area contributed by atoms with Crippen molar-refractivity contribution in [2.75, 3.05) is 5.73 Å². The SMILES string of the molecule is Nc1c(-c2ccc(Cl)cc2)nc2cc(-c3ncccc3C(F)(F)F)cnn12. The Bertz CT molecular complexity index is 1140. The largest absolute Gasteiger partial charge is 0.418 e. The van der Waals surface area contributed by atoms with Gasteiger partial charge in [-0.05, 0) is 30.3 Å². The summed E-state index contributed by atoms with van der Waals surface area (Å²) in [5, 5.41) is 4.71. The molecule has 0 saturated heterocycles. The molecule has 0 aliphatic carbocycles. The maximum atomic E-state index is 13.3. The lowest BCUT2D eigenvalue weighted by Gasteiger charge is -2.11. The second-order valence-corrected chi connectivity index (χ2v) is 6.20. The molecule has 3 aromatic heterocycles. The number of anilines is 1. The van der Waals surface area contributed by atoms with Crippen LogP contribution in [0.1, 0.15) is 5.56 Å². The van der Waals surface area contributed by atoms with Crippen LogP contribution in [0.25, 0.3) is 28.2 Å². The zero-order chi connectivity index (χ0) is 19.2. The normalized spacial score (nSPS) is 11.9. The molecule has 0 radical (unpaired) electrons. The van der Waals surface area contributed by atoms with Crippen molar-refractivity contribution in [3.63, 3.8) is 0 Å². The molecule has 4 aromatic rings. The number of nitrogens with zero attached hydrogens (tertiary/aromatic N) is 4. The number of hydrogen-bond acceptors (Lipinski definition) is 4. The highest BCUT2D eigenvalue weighted by Crippen LogP contribution is 2.36. The number of alkyl halides is 3. The summed E-state index contributed by atoms with van der Waals surface area (Å²) >= 11 is 5.89. The first-order valence-electron chi connectivity index (χ1n) is 7.77. The van der Waals surface area contributed by atoms with E-state index in [1.54, 1.807) is 24.3 Å². The summed E-state index contributed by atoms with van der Waals surface area (Å²) in [5.41, 5.74) is 6.75. The van der Waals surface area contributed by atoms with Gasteiger partial charge in [0, 0.05) is 22.3 Å². The number of rotatable bonds is 2. The zero-order valence-electron chi connectivity index (χ0n) is 13.6. The van der Waals surface area contributed by atoms with Gasteiger partial charge in [-0.3, -0.25) is 4.98 Å². The van der Waals surface area contributed by atoms with Crippen LogP contribution in [0.3, 0.4) is 0 Å². The van der Waals surface area contributed by atoms with Crippen molar-refractivity contribution in [2.24, 2.45) is 0 Å². The quantitative estimate of drug-likeness (QED) is 0.539. The summed E-state index contributed by atoms with van der Waals surface area (Å²) < 4.78 is 41.1. The molecule has 0 aliphatic heterocycles. The number of pyridine rings is 1. The molecule has 0 fully saturated rings. The molecule has 4 rings (SSSR count). The first-order chi connectivity index (χ1) is 12.8. The number of halogens is 4. The van der Waals surface area contributed by atoms with Gasteiger partial charge in [0.15, 0.2) is 11.5 Å². The third-order valence-electron chi connectivity index (χ3n) is 4.02. The van der Waals surface area contributed by atoms with Crippen LogP contribution in [0.15, 0.2) is 54.9 Å². The predicted molar refractivity (Wildman–Crippen MR) is 96.1 cm³/mol. The van der Waals surface area contributed by atoms with Crippen LogP contribution in [0.4, 0.5) is 19.0 Å². The highest BCUT2D eigenvalue weighted by atomic mass is 35.5. The van der Waals surface area contributed by atoms with E-state index in [1.807, 2.05) is 0 Å². The fourth-order valence-corrected chi connectivity index (χ4v) is 2.89. The van der Waals surface area contributed by atoms with Gasteiger partial charge in [-0.25, -0.2) is 4.98 Å². The Hall–Kier alpha value is -3.13. The lowest BCUT2D eigenvalue weighted by atomic mass is 10.1. The lowest BCUT2D eigenvalue weighted by molar-refractivity contribution is -0.137. The Labute approximate surface area is 156 Å². The van der Waals surface area contributed by atoms with Crippen LogP contribution in [-0.2, 0) is 6.18 Å². The average molecular weight is 390 g/mol. The van der Waals surface area contributed by atoms with Gasteiger partial charge in [-0.2, -0.15) is 22.8 Å². The number of nitrogen functional groups attached to an aromatic ring is 1. The van der Waals surface area contributed by atoms with Gasteiger partial charge in [0.25, 0.3) is 0 Å². The fourth-order valence-electron chi connectivity index (χ4n) is 2.77. The van der Waals surface area contributed by atoms with Crippen molar-refractivity contribution < 1.29 is 13.2 Å². The summed E-state index contributed by atoms with van der Waals surface area (Å²) in [6.45, 7) is 0. The van der Waals surface area contributed by atoms with Crippen molar-refractivity contribution >= 4 is 23.1 Å². The Morgan fingerprint density at radius 1 is 1.00 bits per heavy atom. The molecule has 136 valence electrons. The van der Waals surface area contributed by atoms with E-state index in [0.29, 0.717) is 16.4 Å². The summed E-state index contributed by atoms with van der Waals surface area (Å²) in [5.74, 6) is 0.274. The van der Waals surface area contributed by atoms with Crippen LogP contribution in [0.5, 0.6) is 0 Å². The molecule has 0 bridgehead atoms. The highest BCUT2D eigenvalue weighted by molar-refractivity contribution is 6.30. The van der Waals surface area contributed by atoms with Crippen LogP contribution in [-0.4, -0.2) is 19.6 Å². The fraction of sp³-hybridized carbons (Fsp3) is 0.0556. The minimum Gasteiger partial charge on any atom is -0.382 e. The molecule has 0 spiro atoms. The second-order valence-electron chi connectivity index (χ2n) is 5.76. The van der Waals surface area contributed by atoms with Gasteiger partial charge in [0.05, 0.1) is 17.5 Å². The molecule has 5 nitrogen and oxygen atoms in total. The standard InChI is InChI=1S/C18H11ClF3N5/c19-12-5-3-10(4-6-12)16-17(23)27-14(26-16)8-11(9-25-27)15-13(18(20,21)22)2-1-7-24-15/h1-9H,23H2. The van der Waals surface area contributed by atoms with E-state index < -0.39 is 11.7 Å². The van der Waals surface area contributed by atoms with E-state index in [0.717, 1.165) is 11.6 Å². The van der Waals surface area contributed by atoms with Gasteiger partial charge >= 0.3 is 6.18 Å². The van der Waals surface area contributed by atoms with Crippen molar-refractivity contribution in [1.29, 1.82) is 0 Å². The first kappa shape index (κ1) is 17.3. The third-order valence-corrected chi connectivity index (χ3v) is 4.27. The average Bonchev–Trinajstić information content (AvgIpc) is 2.98. The molecule has 2 N–H and O–H groups in total. The lowest BCUT2D eigenvalue weighted by Crippen LogP contribution is -2.08. The number of fused-ring (bicyclic) bond motifs is 1. The van der Waals surface area contributed by atoms with Gasteiger partial charge in [-0.15, -0.1) is 0 Å². The van der Waals surface area contributed by atoms with Gasteiger partial charge in [0.1, 0.15) is 5.69 Å². The number of hydrogen-bond donors (Lipinski definition) is 1. The molecule has 0 amide bonds. The van der Waals surface area contributed by atoms with E-state index in [2.05, 4.69) is 15.1 Å². The number of benzene rings is 1. The summed E-state index contributed by atoms with van der Waals surface area (Å²) in [6.07, 6.45) is -1.94. The maximum absolute atomic E-state index is 13.3. The minimum atomic E-state index is -4.53. The Morgan fingerprint density at radius 3 is 2.44 bits per heavy atom. The van der Waals surface area contributed by atoms with E-state index in [4.69, 9.17) is 17.3 Å². The summed E-state index contributed by atoms with van der Waals surface area (Å²) in [4.78, 5) is 8.29. The van der Waals surface area contributed by atoms with Gasteiger partial charge < -0.3 is 5.73 Å². The van der Waals surface area contributed by atoms with E-state index >= 15 is 0 Å². The van der Waals surface area contributed by atoms with E-state index in [9.17, 15) is 13.2 Å². The van der Waals surface area contributed by atoms with Crippen LogP contribution in [0, 0.1) is 0 Å². The number of aromatic nitrogens is 4. The van der Waals surface area contributed by atoms with Crippen molar-refractivity contribution in [3.05, 3.63) is 65.4 Å². The van der Waals surface area contributed by atoms with Crippen LogP contribution < -0.4 is 5.73 Å². The smallest absolute Gasteiger partial charge is 0.382 e. The van der Waals surface area contributed by atoms with Crippen molar-refractivity contribution in [3.8, 4) is 22.5 Å². The Kier molecular flexibility index (Phi) is 4.00. The Morgan fingerprint density at radius 2 is 1.74 bits per heavy atom. The number of nitrogens with two attached hydrogens (primary N) is 1. The van der Waals surface area contributed by atoms with Crippen molar-refractivity contribution in [1.82, 2.24) is 19.6 Å². The van der Waals surface area contributed by atoms with Crippen LogP contribution >= 0.6 is 11.6 Å². The third kappa shape index (κ3) is 3.08. The summed E-state index contributed by atoms with van der Waals surface area (Å²) in [7, 11) is 0. The van der Waals surface area contributed by atoms with Gasteiger partial charge in [0.2, 0.25) is 0 Å². The maximum Gasteiger partial charge on any atom is 0.418 e. The molecular weight excluding hydrogens is 379 g/mol. The Balaban J connectivity index is 1.86.